The average molecular weight is 265 g/mol. The van der Waals surface area contributed by atoms with Crippen LogP contribution in [0.5, 0.6) is 11.5 Å². The summed E-state index contributed by atoms with van der Waals surface area (Å²) >= 11 is 2.07. The molecule has 0 aliphatic carbocycles. The number of benzene rings is 1. The molecule has 1 N–H and O–H groups in total. The molecule has 2 aliphatic heterocycles. The lowest BCUT2D eigenvalue weighted by molar-refractivity contribution is 0.169. The lowest BCUT2D eigenvalue weighted by Gasteiger charge is -2.21. The van der Waals surface area contributed by atoms with Gasteiger partial charge in [0.2, 0.25) is 0 Å². The Morgan fingerprint density at radius 2 is 2.22 bits per heavy atom. The summed E-state index contributed by atoms with van der Waals surface area (Å²) in [5, 5.41) is 3.54. The number of rotatable bonds is 4. The van der Waals surface area contributed by atoms with Gasteiger partial charge in [0.15, 0.2) is 11.5 Å². The van der Waals surface area contributed by atoms with Crippen LogP contribution < -0.4 is 14.8 Å². The summed E-state index contributed by atoms with van der Waals surface area (Å²) in [4.78, 5) is 0. The van der Waals surface area contributed by atoms with Crippen LogP contribution in [0.25, 0.3) is 0 Å². The van der Waals surface area contributed by atoms with Gasteiger partial charge in [-0.15, -0.1) is 0 Å². The van der Waals surface area contributed by atoms with E-state index in [1.807, 2.05) is 12.1 Å². The van der Waals surface area contributed by atoms with Gasteiger partial charge in [-0.3, -0.25) is 0 Å². The molecule has 3 nitrogen and oxygen atoms in total. The van der Waals surface area contributed by atoms with Gasteiger partial charge in [0.25, 0.3) is 0 Å². The fourth-order valence-corrected chi connectivity index (χ4v) is 3.71. The monoisotopic (exact) mass is 265 g/mol. The van der Waals surface area contributed by atoms with E-state index < -0.39 is 0 Å². The van der Waals surface area contributed by atoms with Gasteiger partial charge < -0.3 is 14.8 Å². The fourth-order valence-electron chi connectivity index (χ4n) is 2.43. The van der Waals surface area contributed by atoms with E-state index in [9.17, 15) is 0 Å². The summed E-state index contributed by atoms with van der Waals surface area (Å²) in [7, 11) is 0. The van der Waals surface area contributed by atoms with E-state index in [4.69, 9.17) is 9.47 Å². The number of hydrogen-bond acceptors (Lipinski definition) is 4. The van der Waals surface area contributed by atoms with E-state index in [0.29, 0.717) is 13.2 Å². The largest absolute Gasteiger partial charge is 0.486 e. The van der Waals surface area contributed by atoms with Crippen molar-refractivity contribution in [3.8, 4) is 11.5 Å². The summed E-state index contributed by atoms with van der Waals surface area (Å²) in [6.07, 6.45) is 1.35. The van der Waals surface area contributed by atoms with E-state index in [2.05, 4.69) is 23.1 Å². The van der Waals surface area contributed by atoms with Gasteiger partial charge in [-0.1, -0.05) is 12.1 Å². The minimum Gasteiger partial charge on any atom is -0.486 e. The van der Waals surface area contributed by atoms with Crippen LogP contribution in [-0.4, -0.2) is 31.3 Å². The summed E-state index contributed by atoms with van der Waals surface area (Å²) in [5.41, 5.74) is 1.21. The van der Waals surface area contributed by atoms with Crippen molar-refractivity contribution < 1.29 is 9.47 Å². The zero-order chi connectivity index (χ0) is 12.2. The molecule has 4 heteroatoms. The van der Waals surface area contributed by atoms with Crippen molar-refractivity contribution in [2.75, 3.05) is 31.3 Å². The third-order valence-electron chi connectivity index (χ3n) is 3.42. The Hall–Kier alpha value is -0.870. The Bertz CT molecular complexity index is 405. The van der Waals surface area contributed by atoms with Crippen molar-refractivity contribution in [2.45, 2.75) is 13.0 Å². The topological polar surface area (TPSA) is 30.5 Å². The molecule has 0 bridgehead atoms. The average Bonchev–Trinajstić information content (AvgIpc) is 2.92. The van der Waals surface area contributed by atoms with E-state index in [1.54, 1.807) is 0 Å². The predicted molar refractivity (Wildman–Crippen MR) is 74.6 cm³/mol. The molecule has 18 heavy (non-hydrogen) atoms. The minimum absolute atomic E-state index is 0.656. The van der Waals surface area contributed by atoms with Crippen LogP contribution in [-0.2, 0) is 6.54 Å². The predicted octanol–water partition coefficient (Wildman–Crippen LogP) is 2.30. The summed E-state index contributed by atoms with van der Waals surface area (Å²) < 4.78 is 11.3. The highest BCUT2D eigenvalue weighted by Gasteiger charge is 2.17. The van der Waals surface area contributed by atoms with Gasteiger partial charge in [0, 0.05) is 12.1 Å². The Labute approximate surface area is 112 Å². The first-order chi connectivity index (χ1) is 8.93. The standard InChI is InChI=1S/C14H19NO2S/c1-2-12(9-15-8-11-4-7-18-10-11)14-13(3-1)16-5-6-17-14/h1-3,11,15H,4-10H2. The van der Waals surface area contributed by atoms with Gasteiger partial charge in [-0.25, -0.2) is 0 Å². The van der Waals surface area contributed by atoms with Crippen molar-refractivity contribution in [1.82, 2.24) is 5.32 Å². The van der Waals surface area contributed by atoms with Crippen LogP contribution in [0.2, 0.25) is 0 Å². The fraction of sp³-hybridized carbons (Fsp3) is 0.571. The Kier molecular flexibility index (Phi) is 3.96. The summed E-state index contributed by atoms with van der Waals surface area (Å²) in [5.74, 6) is 5.28. The Morgan fingerprint density at radius 1 is 1.28 bits per heavy atom. The smallest absolute Gasteiger partial charge is 0.165 e. The molecular weight excluding hydrogens is 246 g/mol. The summed E-state index contributed by atoms with van der Waals surface area (Å²) in [6.45, 7) is 3.29. The molecule has 3 rings (SSSR count). The molecule has 1 saturated heterocycles. The third-order valence-corrected chi connectivity index (χ3v) is 4.65. The van der Waals surface area contributed by atoms with Gasteiger partial charge in [-0.05, 0) is 36.5 Å². The second-order valence-corrected chi connectivity index (χ2v) is 5.95. The first-order valence-electron chi connectivity index (χ1n) is 6.59. The summed E-state index contributed by atoms with van der Waals surface area (Å²) in [6, 6.07) is 6.13. The van der Waals surface area contributed by atoms with Crippen LogP contribution in [0.15, 0.2) is 18.2 Å². The van der Waals surface area contributed by atoms with E-state index in [0.717, 1.165) is 30.5 Å². The van der Waals surface area contributed by atoms with Gasteiger partial charge in [-0.2, -0.15) is 11.8 Å². The number of nitrogens with one attached hydrogen (secondary N) is 1. The van der Waals surface area contributed by atoms with Crippen LogP contribution in [0.4, 0.5) is 0 Å². The molecule has 0 aromatic heterocycles. The number of para-hydroxylation sites is 1. The van der Waals surface area contributed by atoms with Crippen molar-refractivity contribution in [3.05, 3.63) is 23.8 Å². The third kappa shape index (κ3) is 2.75. The van der Waals surface area contributed by atoms with Crippen LogP contribution in [0, 0.1) is 5.92 Å². The SMILES string of the molecule is c1cc(CNCC2CCSC2)c2c(c1)OCCO2. The van der Waals surface area contributed by atoms with Gasteiger partial charge >= 0.3 is 0 Å². The molecule has 0 spiro atoms. The molecule has 1 unspecified atom stereocenters. The van der Waals surface area contributed by atoms with Crippen molar-refractivity contribution in [3.63, 3.8) is 0 Å². The zero-order valence-electron chi connectivity index (χ0n) is 10.5. The first-order valence-corrected chi connectivity index (χ1v) is 7.75. The Balaban J connectivity index is 1.58. The van der Waals surface area contributed by atoms with Crippen LogP contribution in [0.3, 0.4) is 0 Å². The Morgan fingerprint density at radius 3 is 3.11 bits per heavy atom. The molecule has 0 saturated carbocycles. The molecule has 1 aromatic carbocycles. The van der Waals surface area contributed by atoms with Crippen LogP contribution >= 0.6 is 11.8 Å². The molecule has 1 fully saturated rings. The number of hydrogen-bond donors (Lipinski definition) is 1. The molecule has 0 radical (unpaired) electrons. The quantitative estimate of drug-likeness (QED) is 0.905. The maximum absolute atomic E-state index is 5.71. The van der Waals surface area contributed by atoms with Crippen molar-refractivity contribution in [2.24, 2.45) is 5.92 Å². The van der Waals surface area contributed by atoms with Gasteiger partial charge in [0.05, 0.1) is 0 Å². The van der Waals surface area contributed by atoms with E-state index in [-0.39, 0.29) is 0 Å². The van der Waals surface area contributed by atoms with E-state index >= 15 is 0 Å². The first kappa shape index (κ1) is 12.2. The second-order valence-electron chi connectivity index (χ2n) is 4.80. The maximum Gasteiger partial charge on any atom is 0.165 e. The number of fused-ring (bicyclic) bond motifs is 1. The van der Waals surface area contributed by atoms with Gasteiger partial charge in [0.1, 0.15) is 13.2 Å². The lowest BCUT2D eigenvalue weighted by Crippen LogP contribution is -2.23. The van der Waals surface area contributed by atoms with Crippen molar-refractivity contribution in [1.29, 1.82) is 0 Å². The highest BCUT2D eigenvalue weighted by molar-refractivity contribution is 7.99. The molecule has 98 valence electrons. The van der Waals surface area contributed by atoms with Crippen molar-refractivity contribution >= 4 is 11.8 Å². The van der Waals surface area contributed by atoms with Crippen LogP contribution in [0.1, 0.15) is 12.0 Å². The minimum atomic E-state index is 0.656. The number of ether oxygens (including phenoxy) is 2. The molecule has 0 amide bonds. The molecule has 1 atom stereocenters. The second kappa shape index (κ2) is 5.85. The van der Waals surface area contributed by atoms with E-state index in [1.165, 1.54) is 23.5 Å². The molecular formula is C14H19NO2S. The molecule has 2 aliphatic rings. The highest BCUT2D eigenvalue weighted by atomic mass is 32.2. The number of thioether (sulfide) groups is 1. The zero-order valence-corrected chi connectivity index (χ0v) is 11.3. The highest BCUT2D eigenvalue weighted by Crippen LogP contribution is 2.33. The molecule has 2 heterocycles. The maximum atomic E-state index is 5.71. The lowest BCUT2D eigenvalue weighted by atomic mass is 10.1. The molecule has 1 aromatic rings. The normalized spacial score (nSPS) is 22.1.